The van der Waals surface area contributed by atoms with Crippen LogP contribution in [0, 0.1) is 17.0 Å². The van der Waals surface area contributed by atoms with Crippen LogP contribution in [0.25, 0.3) is 10.9 Å². The standard InChI is InChI=1S/C31H30N4O5/c1-3-28(30(36)33-27-17-22(35(38)39)14-13-20(27)2)40-31(37)29-23-11-7-8-12-25(23)32-26-15-16-34(19-24(26)29)18-21-9-5-4-6-10-21/h4-14,17,28H,3,15-16,18-19H2,1-2H3,(H,33,36). The molecule has 0 radical (unpaired) electrons. The smallest absolute Gasteiger partial charge is 0.340 e. The summed E-state index contributed by atoms with van der Waals surface area (Å²) in [5.74, 6) is -1.13. The predicted molar refractivity (Wildman–Crippen MR) is 152 cm³/mol. The molecule has 9 nitrogen and oxygen atoms in total. The number of anilines is 1. The first-order valence-corrected chi connectivity index (χ1v) is 13.3. The maximum absolute atomic E-state index is 13.8. The van der Waals surface area contributed by atoms with Crippen molar-refractivity contribution in [2.75, 3.05) is 11.9 Å². The van der Waals surface area contributed by atoms with Crippen molar-refractivity contribution >= 4 is 34.2 Å². The molecule has 9 heteroatoms. The molecule has 0 saturated carbocycles. The maximum atomic E-state index is 13.8. The van der Waals surface area contributed by atoms with E-state index in [1.54, 1.807) is 19.9 Å². The Morgan fingerprint density at radius 1 is 1.10 bits per heavy atom. The van der Waals surface area contributed by atoms with Gasteiger partial charge in [-0.15, -0.1) is 0 Å². The number of non-ortho nitro benzene ring substituents is 1. The van der Waals surface area contributed by atoms with E-state index in [1.807, 2.05) is 42.5 Å². The van der Waals surface area contributed by atoms with Crippen molar-refractivity contribution < 1.29 is 19.2 Å². The topological polar surface area (TPSA) is 115 Å². The van der Waals surface area contributed by atoms with E-state index in [9.17, 15) is 19.7 Å². The van der Waals surface area contributed by atoms with Crippen molar-refractivity contribution in [2.45, 2.75) is 45.9 Å². The minimum atomic E-state index is -1.09. The molecule has 2 heterocycles. The summed E-state index contributed by atoms with van der Waals surface area (Å²) in [5.41, 5.74) is 4.81. The summed E-state index contributed by atoms with van der Waals surface area (Å²) < 4.78 is 5.83. The summed E-state index contributed by atoms with van der Waals surface area (Å²) in [7, 11) is 0. The SMILES string of the molecule is CCC(OC(=O)c1c2c(nc3ccccc13)CCN(Cc1ccccc1)C2)C(=O)Nc1cc([N+](=O)[O-])ccc1C. The molecule has 1 aromatic heterocycles. The minimum Gasteiger partial charge on any atom is -0.449 e. The highest BCUT2D eigenvalue weighted by molar-refractivity contribution is 6.06. The van der Waals surface area contributed by atoms with Crippen molar-refractivity contribution in [1.82, 2.24) is 9.88 Å². The van der Waals surface area contributed by atoms with Gasteiger partial charge in [0.25, 0.3) is 11.6 Å². The van der Waals surface area contributed by atoms with Gasteiger partial charge in [0, 0.05) is 54.8 Å². The summed E-state index contributed by atoms with van der Waals surface area (Å²) >= 11 is 0. The van der Waals surface area contributed by atoms with Crippen LogP contribution in [0.3, 0.4) is 0 Å². The Morgan fingerprint density at radius 2 is 1.85 bits per heavy atom. The number of esters is 1. The fourth-order valence-corrected chi connectivity index (χ4v) is 5.04. The van der Waals surface area contributed by atoms with Crippen LogP contribution < -0.4 is 5.32 Å². The number of hydrogen-bond acceptors (Lipinski definition) is 7. The van der Waals surface area contributed by atoms with Gasteiger partial charge in [-0.2, -0.15) is 0 Å². The molecule has 1 amide bonds. The first-order valence-electron chi connectivity index (χ1n) is 13.3. The molecular weight excluding hydrogens is 508 g/mol. The number of ether oxygens (including phenoxy) is 1. The number of nitrogens with one attached hydrogen (secondary N) is 1. The molecule has 0 spiro atoms. The molecule has 0 fully saturated rings. The van der Waals surface area contributed by atoms with Crippen LogP contribution in [0.1, 0.15) is 46.1 Å². The second kappa shape index (κ2) is 11.6. The van der Waals surface area contributed by atoms with E-state index in [0.29, 0.717) is 40.7 Å². The first kappa shape index (κ1) is 27.0. The fraction of sp³-hybridized carbons (Fsp3) is 0.258. The number of amides is 1. The van der Waals surface area contributed by atoms with Crippen molar-refractivity contribution in [2.24, 2.45) is 0 Å². The Hall–Kier alpha value is -4.63. The zero-order valence-corrected chi connectivity index (χ0v) is 22.4. The number of aromatic nitrogens is 1. The number of carbonyl (C=O) groups excluding carboxylic acids is 2. The highest BCUT2D eigenvalue weighted by Gasteiger charge is 2.30. The molecule has 1 N–H and O–H groups in total. The lowest BCUT2D eigenvalue weighted by Crippen LogP contribution is -2.35. The molecule has 204 valence electrons. The summed E-state index contributed by atoms with van der Waals surface area (Å²) in [6.45, 7) is 5.57. The minimum absolute atomic E-state index is 0.138. The van der Waals surface area contributed by atoms with Crippen molar-refractivity contribution in [1.29, 1.82) is 0 Å². The monoisotopic (exact) mass is 538 g/mol. The summed E-state index contributed by atoms with van der Waals surface area (Å²) in [6, 6.07) is 21.9. The largest absolute Gasteiger partial charge is 0.449 e. The van der Waals surface area contributed by atoms with E-state index in [1.165, 1.54) is 17.7 Å². The number of hydrogen-bond donors (Lipinski definition) is 1. The van der Waals surface area contributed by atoms with Gasteiger partial charge in [0.1, 0.15) is 0 Å². The molecule has 1 aliphatic heterocycles. The number of pyridine rings is 1. The number of nitrogens with zero attached hydrogens (tertiary/aromatic N) is 3. The molecule has 4 aromatic rings. The zero-order chi connectivity index (χ0) is 28.2. The van der Waals surface area contributed by atoms with Gasteiger partial charge in [-0.1, -0.05) is 61.5 Å². The van der Waals surface area contributed by atoms with Gasteiger partial charge in [0.15, 0.2) is 6.10 Å². The van der Waals surface area contributed by atoms with Crippen molar-refractivity contribution in [3.63, 3.8) is 0 Å². The lowest BCUT2D eigenvalue weighted by Gasteiger charge is -2.30. The molecule has 40 heavy (non-hydrogen) atoms. The van der Waals surface area contributed by atoms with Crippen LogP contribution in [0.4, 0.5) is 11.4 Å². The van der Waals surface area contributed by atoms with Crippen molar-refractivity contribution in [3.05, 3.63) is 111 Å². The second-order valence-corrected chi connectivity index (χ2v) is 9.92. The highest BCUT2D eigenvalue weighted by Crippen LogP contribution is 2.30. The lowest BCUT2D eigenvalue weighted by molar-refractivity contribution is -0.384. The number of fused-ring (bicyclic) bond motifs is 2. The van der Waals surface area contributed by atoms with E-state index in [0.717, 1.165) is 24.3 Å². The third-order valence-corrected chi connectivity index (χ3v) is 7.18. The van der Waals surface area contributed by atoms with Gasteiger partial charge in [-0.05, 0) is 30.5 Å². The molecular formula is C31H30N4O5. The summed E-state index contributed by atoms with van der Waals surface area (Å²) in [4.78, 5) is 44.8. The van der Waals surface area contributed by atoms with Gasteiger partial charge < -0.3 is 10.1 Å². The number of benzene rings is 3. The van der Waals surface area contributed by atoms with E-state index in [4.69, 9.17) is 9.72 Å². The lowest BCUT2D eigenvalue weighted by atomic mass is 9.95. The first-order chi connectivity index (χ1) is 19.3. The van der Waals surface area contributed by atoms with Gasteiger partial charge in [-0.25, -0.2) is 4.79 Å². The van der Waals surface area contributed by atoms with Crippen LogP contribution in [-0.2, 0) is 29.0 Å². The fourth-order valence-electron chi connectivity index (χ4n) is 5.04. The molecule has 3 aromatic carbocycles. The van der Waals surface area contributed by atoms with Gasteiger partial charge >= 0.3 is 5.97 Å². The molecule has 1 atom stereocenters. The number of aryl methyl sites for hydroxylation is 1. The summed E-state index contributed by atoms with van der Waals surface area (Å²) in [6.07, 6.45) is -0.161. The van der Waals surface area contributed by atoms with E-state index >= 15 is 0 Å². The van der Waals surface area contributed by atoms with Crippen LogP contribution in [0.2, 0.25) is 0 Å². The molecule has 1 unspecified atom stereocenters. The molecule has 0 bridgehead atoms. The van der Waals surface area contributed by atoms with E-state index in [-0.39, 0.29) is 12.1 Å². The van der Waals surface area contributed by atoms with Crippen molar-refractivity contribution in [3.8, 4) is 0 Å². The number of nitro groups is 1. The third kappa shape index (κ3) is 5.69. The second-order valence-electron chi connectivity index (χ2n) is 9.92. The van der Waals surface area contributed by atoms with E-state index < -0.39 is 22.9 Å². The van der Waals surface area contributed by atoms with Crippen LogP contribution in [-0.4, -0.2) is 39.3 Å². The van der Waals surface area contributed by atoms with Gasteiger partial charge in [0.2, 0.25) is 0 Å². The average molecular weight is 539 g/mol. The Kier molecular flexibility index (Phi) is 7.84. The summed E-state index contributed by atoms with van der Waals surface area (Å²) in [5, 5.41) is 14.6. The Morgan fingerprint density at radius 3 is 2.60 bits per heavy atom. The quantitative estimate of drug-likeness (QED) is 0.177. The number of rotatable bonds is 8. The Balaban J connectivity index is 1.42. The maximum Gasteiger partial charge on any atom is 0.340 e. The number of nitro benzene ring substituents is 1. The van der Waals surface area contributed by atoms with E-state index in [2.05, 4.69) is 22.3 Å². The average Bonchev–Trinajstić information content (AvgIpc) is 2.96. The Labute approximate surface area is 231 Å². The van der Waals surface area contributed by atoms with Gasteiger partial charge in [-0.3, -0.25) is 24.8 Å². The molecule has 0 aliphatic carbocycles. The third-order valence-electron chi connectivity index (χ3n) is 7.18. The van der Waals surface area contributed by atoms with Crippen LogP contribution in [0.15, 0.2) is 72.8 Å². The zero-order valence-electron chi connectivity index (χ0n) is 22.4. The van der Waals surface area contributed by atoms with Gasteiger partial charge in [0.05, 0.1) is 21.7 Å². The molecule has 0 saturated heterocycles. The highest BCUT2D eigenvalue weighted by atomic mass is 16.6. The predicted octanol–water partition coefficient (Wildman–Crippen LogP) is 5.58. The Bertz CT molecular complexity index is 1590. The molecule has 1 aliphatic rings. The van der Waals surface area contributed by atoms with Crippen LogP contribution in [0.5, 0.6) is 0 Å². The van der Waals surface area contributed by atoms with Crippen LogP contribution >= 0.6 is 0 Å². The normalized spacial score (nSPS) is 13.8. The number of carbonyl (C=O) groups is 2. The number of para-hydroxylation sites is 1. The molecule has 5 rings (SSSR count).